The van der Waals surface area contributed by atoms with E-state index in [1.165, 1.54) is 26.2 Å². The van der Waals surface area contributed by atoms with Gasteiger partial charge in [-0.3, -0.25) is 9.59 Å². The van der Waals surface area contributed by atoms with Crippen molar-refractivity contribution in [3.63, 3.8) is 0 Å². The van der Waals surface area contributed by atoms with E-state index in [1.54, 1.807) is 24.3 Å². The highest BCUT2D eigenvalue weighted by Crippen LogP contribution is 2.15. The second-order valence-electron chi connectivity index (χ2n) is 5.70. The molecule has 2 aromatic carbocycles. The number of hydrogen-bond donors (Lipinski definition) is 1. The summed E-state index contributed by atoms with van der Waals surface area (Å²) >= 11 is 0. The summed E-state index contributed by atoms with van der Waals surface area (Å²) in [6.07, 6.45) is 0. The molecule has 1 amide bonds. The fraction of sp³-hybridized carbons (Fsp3) is 0.222. The maximum Gasteiger partial charge on any atom is 0.239 e. The number of rotatable bonds is 7. The zero-order chi connectivity index (χ0) is 19.3. The van der Waals surface area contributed by atoms with Crippen LogP contribution in [0.4, 0.5) is 10.1 Å². The summed E-state index contributed by atoms with van der Waals surface area (Å²) in [7, 11) is -2.46. The number of ether oxygens (including phenoxy) is 1. The molecular weight excluding hydrogens is 361 g/mol. The minimum atomic E-state index is -3.96. The molecule has 2 aromatic rings. The SMILES string of the molecule is COc1ccc(NC(=O)CS(=O)(=O)CC(=O)c2ccc(F)c(C)c2)cc1. The van der Waals surface area contributed by atoms with Crippen LogP contribution in [0.2, 0.25) is 0 Å². The average molecular weight is 379 g/mol. The zero-order valence-corrected chi connectivity index (χ0v) is 15.1. The first-order valence-corrected chi connectivity index (χ1v) is 9.46. The summed E-state index contributed by atoms with van der Waals surface area (Å²) in [4.78, 5) is 24.0. The molecular formula is C18H18FNO5S. The molecule has 0 bridgehead atoms. The van der Waals surface area contributed by atoms with Gasteiger partial charge in [0.1, 0.15) is 23.1 Å². The van der Waals surface area contributed by atoms with Gasteiger partial charge in [-0.25, -0.2) is 12.8 Å². The Morgan fingerprint density at radius 3 is 2.31 bits per heavy atom. The Morgan fingerprint density at radius 2 is 1.73 bits per heavy atom. The lowest BCUT2D eigenvalue weighted by Crippen LogP contribution is -2.27. The molecule has 0 atom stereocenters. The monoisotopic (exact) mass is 379 g/mol. The van der Waals surface area contributed by atoms with Gasteiger partial charge in [0.05, 0.1) is 7.11 Å². The molecule has 0 unspecified atom stereocenters. The van der Waals surface area contributed by atoms with Crippen LogP contribution in [0, 0.1) is 12.7 Å². The number of Topliss-reactive ketones (excluding diaryl/α,β-unsaturated/α-hetero) is 1. The van der Waals surface area contributed by atoms with Gasteiger partial charge in [-0.2, -0.15) is 0 Å². The van der Waals surface area contributed by atoms with Gasteiger partial charge in [0, 0.05) is 11.3 Å². The predicted octanol–water partition coefficient (Wildman–Crippen LogP) is 2.38. The molecule has 0 fully saturated rings. The van der Waals surface area contributed by atoms with E-state index in [1.807, 2.05) is 0 Å². The second-order valence-corrected chi connectivity index (χ2v) is 7.76. The molecule has 138 valence electrons. The summed E-state index contributed by atoms with van der Waals surface area (Å²) < 4.78 is 42.4. The number of methoxy groups -OCH3 is 1. The number of nitrogens with one attached hydrogen (secondary N) is 1. The van der Waals surface area contributed by atoms with Crippen molar-refractivity contribution in [3.8, 4) is 5.75 Å². The normalized spacial score (nSPS) is 11.0. The van der Waals surface area contributed by atoms with Gasteiger partial charge < -0.3 is 10.1 Å². The largest absolute Gasteiger partial charge is 0.497 e. The van der Waals surface area contributed by atoms with Crippen LogP contribution >= 0.6 is 0 Å². The van der Waals surface area contributed by atoms with Crippen molar-refractivity contribution in [1.82, 2.24) is 0 Å². The van der Waals surface area contributed by atoms with Crippen molar-refractivity contribution < 1.29 is 27.1 Å². The van der Waals surface area contributed by atoms with Gasteiger partial charge in [-0.05, 0) is 55.0 Å². The van der Waals surface area contributed by atoms with E-state index in [-0.39, 0.29) is 11.1 Å². The smallest absolute Gasteiger partial charge is 0.239 e. The Kier molecular flexibility index (Phi) is 6.10. The summed E-state index contributed by atoms with van der Waals surface area (Å²) in [6, 6.07) is 9.97. The number of aryl methyl sites for hydroxylation is 1. The number of hydrogen-bond acceptors (Lipinski definition) is 5. The van der Waals surface area contributed by atoms with Crippen molar-refractivity contribution in [2.75, 3.05) is 23.9 Å². The molecule has 0 aliphatic rings. The maximum absolute atomic E-state index is 13.2. The van der Waals surface area contributed by atoms with Gasteiger partial charge in [-0.1, -0.05) is 0 Å². The van der Waals surface area contributed by atoms with Crippen LogP contribution in [0.5, 0.6) is 5.75 Å². The van der Waals surface area contributed by atoms with Gasteiger partial charge in [0.2, 0.25) is 5.91 Å². The van der Waals surface area contributed by atoms with Crippen LogP contribution in [-0.4, -0.2) is 38.7 Å². The van der Waals surface area contributed by atoms with Crippen LogP contribution in [0.3, 0.4) is 0 Å². The molecule has 0 aliphatic carbocycles. The molecule has 0 saturated carbocycles. The van der Waals surface area contributed by atoms with E-state index in [2.05, 4.69) is 5.32 Å². The third-order valence-electron chi connectivity index (χ3n) is 3.56. The Bertz CT molecular complexity index is 923. The van der Waals surface area contributed by atoms with E-state index in [0.717, 1.165) is 6.07 Å². The van der Waals surface area contributed by atoms with E-state index in [9.17, 15) is 22.4 Å². The molecule has 0 aliphatic heterocycles. The molecule has 26 heavy (non-hydrogen) atoms. The Morgan fingerprint density at radius 1 is 1.08 bits per heavy atom. The fourth-order valence-corrected chi connectivity index (χ4v) is 3.36. The summed E-state index contributed by atoms with van der Waals surface area (Å²) in [5.41, 5.74) is 0.736. The maximum atomic E-state index is 13.2. The van der Waals surface area contributed by atoms with Crippen LogP contribution in [-0.2, 0) is 14.6 Å². The van der Waals surface area contributed by atoms with E-state index in [4.69, 9.17) is 4.74 Å². The third kappa shape index (κ3) is 5.38. The van der Waals surface area contributed by atoms with Crippen molar-refractivity contribution in [3.05, 3.63) is 59.4 Å². The Labute approximate surface area is 150 Å². The van der Waals surface area contributed by atoms with Crippen LogP contribution in [0.1, 0.15) is 15.9 Å². The Balaban J connectivity index is 1.99. The lowest BCUT2D eigenvalue weighted by Gasteiger charge is -2.07. The number of benzene rings is 2. The van der Waals surface area contributed by atoms with Crippen molar-refractivity contribution in [1.29, 1.82) is 0 Å². The lowest BCUT2D eigenvalue weighted by atomic mass is 10.1. The quantitative estimate of drug-likeness (QED) is 0.746. The number of amides is 1. The van der Waals surface area contributed by atoms with Gasteiger partial charge in [-0.15, -0.1) is 0 Å². The molecule has 0 heterocycles. The van der Waals surface area contributed by atoms with E-state index >= 15 is 0 Å². The van der Waals surface area contributed by atoms with Crippen molar-refractivity contribution in [2.24, 2.45) is 0 Å². The minimum absolute atomic E-state index is 0.0861. The van der Waals surface area contributed by atoms with Crippen molar-refractivity contribution in [2.45, 2.75) is 6.92 Å². The highest BCUT2D eigenvalue weighted by Gasteiger charge is 2.22. The van der Waals surface area contributed by atoms with Crippen LogP contribution < -0.4 is 10.1 Å². The molecule has 2 rings (SSSR count). The third-order valence-corrected chi connectivity index (χ3v) is 4.96. The van der Waals surface area contributed by atoms with E-state index < -0.39 is 38.9 Å². The predicted molar refractivity (Wildman–Crippen MR) is 95.7 cm³/mol. The number of halogens is 1. The first-order valence-electron chi connectivity index (χ1n) is 7.64. The topological polar surface area (TPSA) is 89.5 Å². The number of ketones is 1. The minimum Gasteiger partial charge on any atom is -0.497 e. The van der Waals surface area contributed by atoms with Gasteiger partial charge >= 0.3 is 0 Å². The number of anilines is 1. The fourth-order valence-electron chi connectivity index (χ4n) is 2.22. The number of carbonyl (C=O) groups is 2. The standard InChI is InChI=1S/C18H18FNO5S/c1-12-9-13(3-8-16(12)19)17(21)10-26(23,24)11-18(22)20-14-4-6-15(25-2)7-5-14/h3-9H,10-11H2,1-2H3,(H,20,22). The zero-order valence-electron chi connectivity index (χ0n) is 14.3. The highest BCUT2D eigenvalue weighted by atomic mass is 32.2. The number of sulfone groups is 1. The Hall–Kier alpha value is -2.74. The summed E-state index contributed by atoms with van der Waals surface area (Å²) in [5, 5.41) is 2.44. The molecule has 0 spiro atoms. The molecule has 0 aromatic heterocycles. The van der Waals surface area contributed by atoms with Gasteiger partial charge in [0.25, 0.3) is 0 Å². The molecule has 8 heteroatoms. The van der Waals surface area contributed by atoms with Crippen LogP contribution in [0.15, 0.2) is 42.5 Å². The van der Waals surface area contributed by atoms with Crippen molar-refractivity contribution >= 4 is 27.2 Å². The summed E-state index contributed by atoms with van der Waals surface area (Å²) in [5.74, 6) is -2.98. The second kappa shape index (κ2) is 8.09. The first kappa shape index (κ1) is 19.6. The molecule has 0 saturated heterocycles. The molecule has 6 nitrogen and oxygen atoms in total. The highest BCUT2D eigenvalue weighted by molar-refractivity contribution is 7.92. The summed E-state index contributed by atoms with van der Waals surface area (Å²) in [6.45, 7) is 1.48. The molecule has 0 radical (unpaired) electrons. The average Bonchev–Trinajstić information content (AvgIpc) is 2.56. The lowest BCUT2D eigenvalue weighted by molar-refractivity contribution is -0.113. The first-order chi connectivity index (χ1) is 12.2. The molecule has 1 N–H and O–H groups in total. The van der Waals surface area contributed by atoms with Gasteiger partial charge in [0.15, 0.2) is 15.6 Å². The van der Waals surface area contributed by atoms with E-state index in [0.29, 0.717) is 11.4 Å². The number of carbonyl (C=O) groups excluding carboxylic acids is 2. The van der Waals surface area contributed by atoms with Crippen LogP contribution in [0.25, 0.3) is 0 Å².